The van der Waals surface area contributed by atoms with Crippen LogP contribution in [0.1, 0.15) is 18.4 Å². The number of esters is 1. The van der Waals surface area contributed by atoms with Crippen LogP contribution in [0.5, 0.6) is 5.75 Å². The molecule has 3 N–H and O–H groups in total. The summed E-state index contributed by atoms with van der Waals surface area (Å²) in [5.74, 6) is -1.62. The Balaban J connectivity index is 1.81. The van der Waals surface area contributed by atoms with Gasteiger partial charge in [0, 0.05) is 6.42 Å². The van der Waals surface area contributed by atoms with Crippen molar-refractivity contribution in [3.63, 3.8) is 0 Å². The van der Waals surface area contributed by atoms with Crippen LogP contribution >= 0.6 is 7.82 Å². The largest absolute Gasteiger partial charge is 0.508 e. The monoisotopic (exact) mass is 430 g/mol. The molecule has 1 aromatic carbocycles. The Hall–Kier alpha value is -2.23. The second-order valence-electron chi connectivity index (χ2n) is 6.13. The van der Waals surface area contributed by atoms with Gasteiger partial charge in [-0.2, -0.15) is 0 Å². The van der Waals surface area contributed by atoms with Crippen LogP contribution < -0.4 is 0 Å². The van der Waals surface area contributed by atoms with Gasteiger partial charge in [-0.1, -0.05) is 30.4 Å². The number of phosphoric ester groups is 1. The number of carbonyl (C=O) groups excluding carboxylic acids is 1. The number of benzene rings is 1. The van der Waals surface area contributed by atoms with Crippen LogP contribution in [0.3, 0.4) is 0 Å². The van der Waals surface area contributed by atoms with Crippen molar-refractivity contribution in [3.8, 4) is 5.75 Å². The topological polar surface area (TPSA) is 149 Å². The molecule has 2 rings (SSSR count). The maximum absolute atomic E-state index is 12.0. The number of ether oxygens (including phenoxy) is 2. The van der Waals surface area contributed by atoms with Gasteiger partial charge in [-0.15, -0.1) is 0 Å². The van der Waals surface area contributed by atoms with Crippen molar-refractivity contribution in [1.29, 1.82) is 0 Å². The summed E-state index contributed by atoms with van der Waals surface area (Å²) >= 11 is 0. The molecule has 0 fully saturated rings. The summed E-state index contributed by atoms with van der Waals surface area (Å²) in [5.41, 5.74) is 0.613. The normalized spacial score (nSPS) is 20.7. The summed E-state index contributed by atoms with van der Waals surface area (Å²) in [4.78, 5) is 32.1. The number of rotatable bonds is 11. The molecular weight excluding hydrogens is 407 g/mol. The first-order chi connectivity index (χ1) is 13.8. The lowest BCUT2D eigenvalue weighted by Crippen LogP contribution is -2.37. The van der Waals surface area contributed by atoms with Crippen molar-refractivity contribution in [3.05, 3.63) is 42.0 Å². The van der Waals surface area contributed by atoms with E-state index in [2.05, 4.69) is 4.52 Å². The highest BCUT2D eigenvalue weighted by Crippen LogP contribution is 2.45. The maximum atomic E-state index is 12.0. The molecule has 0 amide bonds. The van der Waals surface area contributed by atoms with Gasteiger partial charge in [0.2, 0.25) is 0 Å². The number of aryl methyl sites for hydroxylation is 1. The number of hydrogen-bond donors (Lipinski definition) is 3. The van der Waals surface area contributed by atoms with E-state index >= 15 is 0 Å². The van der Waals surface area contributed by atoms with Gasteiger partial charge < -0.3 is 24.6 Å². The number of phosphoric acid groups is 1. The number of carboxylic acids is 1. The molecule has 1 aliphatic heterocycles. The van der Waals surface area contributed by atoms with E-state index < -0.39 is 45.0 Å². The van der Waals surface area contributed by atoms with Crippen molar-refractivity contribution in [1.82, 2.24) is 0 Å². The molecule has 1 heterocycles. The minimum absolute atomic E-state index is 0.0302. The second kappa shape index (κ2) is 11.1. The summed E-state index contributed by atoms with van der Waals surface area (Å²) in [6.45, 7) is -0.508. The zero-order chi connectivity index (χ0) is 21.3. The summed E-state index contributed by atoms with van der Waals surface area (Å²) in [6.07, 6.45) is 1.06. The van der Waals surface area contributed by atoms with Crippen molar-refractivity contribution in [2.24, 2.45) is 0 Å². The van der Waals surface area contributed by atoms with Crippen LogP contribution in [0.4, 0.5) is 0 Å². The highest BCUT2D eigenvalue weighted by molar-refractivity contribution is 7.47. The van der Waals surface area contributed by atoms with Gasteiger partial charge in [-0.3, -0.25) is 18.6 Å². The number of aromatic hydroxyl groups is 1. The SMILES string of the molecule is O=C(O)CCOP(=O)(O)O[C@@H]1C=CCO[C@@H]1COC(=O)CCc1ccccc1O. The van der Waals surface area contributed by atoms with E-state index in [0.29, 0.717) is 12.0 Å². The van der Waals surface area contributed by atoms with E-state index in [1.54, 1.807) is 24.3 Å². The lowest BCUT2D eigenvalue weighted by molar-refractivity contribution is -0.150. The number of para-hydroxylation sites is 1. The number of phenolic OH excluding ortho intramolecular Hbond substituents is 1. The Bertz CT molecular complexity index is 778. The minimum atomic E-state index is -4.52. The van der Waals surface area contributed by atoms with Crippen LogP contribution in [0.25, 0.3) is 0 Å². The molecule has 11 heteroatoms. The van der Waals surface area contributed by atoms with Crippen LogP contribution in [0.15, 0.2) is 36.4 Å². The molecule has 0 spiro atoms. The third kappa shape index (κ3) is 8.35. The summed E-state index contributed by atoms with van der Waals surface area (Å²) in [6, 6.07) is 6.65. The second-order valence-corrected chi connectivity index (χ2v) is 7.53. The Morgan fingerprint density at radius 2 is 2.00 bits per heavy atom. The van der Waals surface area contributed by atoms with E-state index in [4.69, 9.17) is 19.1 Å². The number of carbonyl (C=O) groups is 2. The fraction of sp³-hybridized carbons (Fsp3) is 0.444. The molecule has 0 saturated carbocycles. The van der Waals surface area contributed by atoms with Crippen LogP contribution in [-0.2, 0) is 39.1 Å². The van der Waals surface area contributed by atoms with Gasteiger partial charge in [-0.05, 0) is 18.1 Å². The maximum Gasteiger partial charge on any atom is 0.472 e. The molecule has 1 aliphatic rings. The molecule has 29 heavy (non-hydrogen) atoms. The molecule has 0 radical (unpaired) electrons. The van der Waals surface area contributed by atoms with Crippen molar-refractivity contribution < 1.29 is 47.8 Å². The lowest BCUT2D eigenvalue weighted by atomic mass is 10.1. The quantitative estimate of drug-likeness (QED) is 0.269. The molecular formula is C18H23O10P. The predicted molar refractivity (Wildman–Crippen MR) is 99.2 cm³/mol. The zero-order valence-corrected chi connectivity index (χ0v) is 16.4. The molecule has 160 valence electrons. The van der Waals surface area contributed by atoms with Crippen molar-refractivity contribution >= 4 is 19.8 Å². The highest BCUT2D eigenvalue weighted by Gasteiger charge is 2.33. The van der Waals surface area contributed by atoms with Crippen LogP contribution in [0.2, 0.25) is 0 Å². The molecule has 0 saturated heterocycles. The molecule has 0 bridgehead atoms. The Morgan fingerprint density at radius 3 is 2.72 bits per heavy atom. The van der Waals surface area contributed by atoms with Gasteiger partial charge in [0.05, 0.1) is 19.6 Å². The van der Waals surface area contributed by atoms with Gasteiger partial charge in [0.1, 0.15) is 24.6 Å². The Morgan fingerprint density at radius 1 is 1.24 bits per heavy atom. The van der Waals surface area contributed by atoms with Gasteiger partial charge in [0.25, 0.3) is 0 Å². The zero-order valence-electron chi connectivity index (χ0n) is 15.5. The van der Waals surface area contributed by atoms with Gasteiger partial charge >= 0.3 is 19.8 Å². The predicted octanol–water partition coefficient (Wildman–Crippen LogP) is 1.80. The van der Waals surface area contributed by atoms with Gasteiger partial charge in [0.15, 0.2) is 0 Å². The minimum Gasteiger partial charge on any atom is -0.508 e. The average Bonchev–Trinajstić information content (AvgIpc) is 2.66. The third-order valence-electron chi connectivity index (χ3n) is 3.92. The molecule has 0 aromatic heterocycles. The number of hydrogen-bond acceptors (Lipinski definition) is 8. The first kappa shape index (κ1) is 23.1. The smallest absolute Gasteiger partial charge is 0.472 e. The lowest BCUT2D eigenvalue weighted by Gasteiger charge is -2.28. The summed E-state index contributed by atoms with van der Waals surface area (Å²) < 4.78 is 32.1. The highest BCUT2D eigenvalue weighted by atomic mass is 31.2. The average molecular weight is 430 g/mol. The summed E-state index contributed by atoms with van der Waals surface area (Å²) in [5, 5.41) is 18.2. The Kier molecular flexibility index (Phi) is 8.81. The number of aliphatic carboxylic acids is 1. The molecule has 3 atom stereocenters. The van der Waals surface area contributed by atoms with Crippen LogP contribution in [0, 0.1) is 0 Å². The standard InChI is InChI=1S/C18H23O10P/c19-14-5-2-1-4-13(14)7-8-18(22)26-12-16-15(6-3-10-25-16)28-29(23,24)27-11-9-17(20)21/h1-6,15-16,19H,7-12H2,(H,20,21)(H,23,24)/t15-,16-/m1/s1. The van der Waals surface area contributed by atoms with E-state index in [1.165, 1.54) is 12.1 Å². The first-order valence-corrected chi connectivity index (χ1v) is 10.3. The van der Waals surface area contributed by atoms with E-state index in [9.17, 15) is 24.2 Å². The molecule has 10 nitrogen and oxygen atoms in total. The third-order valence-corrected chi connectivity index (χ3v) is 4.94. The van der Waals surface area contributed by atoms with Crippen LogP contribution in [-0.4, -0.2) is 59.1 Å². The molecule has 0 aliphatic carbocycles. The molecule has 1 unspecified atom stereocenters. The Labute approximate surface area is 167 Å². The first-order valence-electron chi connectivity index (χ1n) is 8.85. The van der Waals surface area contributed by atoms with Crippen molar-refractivity contribution in [2.45, 2.75) is 31.5 Å². The number of carboxylic acid groups (broad SMARTS) is 1. The van der Waals surface area contributed by atoms with E-state index in [-0.39, 0.29) is 25.4 Å². The fourth-order valence-corrected chi connectivity index (χ4v) is 3.37. The fourth-order valence-electron chi connectivity index (χ4n) is 2.47. The van der Waals surface area contributed by atoms with Crippen molar-refractivity contribution in [2.75, 3.05) is 19.8 Å². The summed E-state index contributed by atoms with van der Waals surface area (Å²) in [7, 11) is -4.52. The van der Waals surface area contributed by atoms with E-state index in [1.807, 2.05) is 0 Å². The number of phenols is 1. The van der Waals surface area contributed by atoms with Gasteiger partial charge in [-0.25, -0.2) is 4.57 Å². The van der Waals surface area contributed by atoms with E-state index in [0.717, 1.165) is 0 Å². The molecule has 1 aromatic rings.